The second-order valence-electron chi connectivity index (χ2n) is 6.45. The topological polar surface area (TPSA) is 67.2 Å². The third kappa shape index (κ3) is 3.82. The van der Waals surface area contributed by atoms with Crippen LogP contribution >= 0.6 is 11.6 Å². The van der Waals surface area contributed by atoms with Gasteiger partial charge in [-0.1, -0.05) is 17.7 Å². The quantitative estimate of drug-likeness (QED) is 0.672. The molecule has 0 N–H and O–H groups in total. The Balaban J connectivity index is 1.40. The Bertz CT molecular complexity index is 952. The lowest BCUT2D eigenvalue weighted by atomic mass is 10.1. The molecule has 0 radical (unpaired) electrons. The fraction of sp³-hybridized carbons (Fsp3) is 0.263. The molecule has 0 saturated carbocycles. The number of hydrogen-bond donors (Lipinski definition) is 0. The van der Waals surface area contributed by atoms with Crippen LogP contribution in [-0.4, -0.2) is 56.5 Å². The van der Waals surface area contributed by atoms with Crippen LogP contribution in [0.5, 0.6) is 0 Å². The summed E-state index contributed by atoms with van der Waals surface area (Å²) in [7, 11) is 0. The van der Waals surface area contributed by atoms with Crippen molar-refractivity contribution in [3.05, 3.63) is 65.7 Å². The van der Waals surface area contributed by atoms with Crippen molar-refractivity contribution >= 4 is 23.3 Å². The second kappa shape index (κ2) is 7.93. The normalized spacial score (nSPS) is 14.4. The Morgan fingerprint density at radius 3 is 2.64 bits per heavy atom. The predicted molar refractivity (Wildman–Crippen MR) is 103 cm³/mol. The van der Waals surface area contributed by atoms with Gasteiger partial charge in [-0.2, -0.15) is 0 Å². The van der Waals surface area contributed by atoms with Crippen molar-refractivity contribution in [3.63, 3.8) is 0 Å². The molecule has 3 heterocycles. The Morgan fingerprint density at radius 2 is 1.93 bits per heavy atom. The Hall–Kier alpha value is -3.00. The zero-order chi connectivity index (χ0) is 19.5. The molecule has 0 aliphatic carbocycles. The first-order valence-electron chi connectivity index (χ1n) is 8.88. The smallest absolute Gasteiger partial charge is 0.227 e. The van der Waals surface area contributed by atoms with Crippen molar-refractivity contribution in [2.45, 2.75) is 6.42 Å². The zero-order valence-electron chi connectivity index (χ0n) is 15.0. The van der Waals surface area contributed by atoms with Crippen LogP contribution in [0.4, 0.5) is 10.2 Å². The maximum absolute atomic E-state index is 13.9. The zero-order valence-corrected chi connectivity index (χ0v) is 15.8. The van der Waals surface area contributed by atoms with Gasteiger partial charge in [0.05, 0.1) is 6.42 Å². The number of aromatic nitrogens is 4. The minimum Gasteiger partial charge on any atom is -0.353 e. The third-order valence-electron chi connectivity index (χ3n) is 4.75. The first-order valence-corrected chi connectivity index (χ1v) is 9.25. The van der Waals surface area contributed by atoms with Gasteiger partial charge in [-0.05, 0) is 12.1 Å². The highest BCUT2D eigenvalue weighted by Gasteiger charge is 2.23. The van der Waals surface area contributed by atoms with Crippen molar-refractivity contribution in [1.29, 1.82) is 0 Å². The molecule has 7 nitrogen and oxygen atoms in total. The van der Waals surface area contributed by atoms with Gasteiger partial charge in [0.25, 0.3) is 0 Å². The summed E-state index contributed by atoms with van der Waals surface area (Å²) in [6.07, 6.45) is 6.66. The van der Waals surface area contributed by atoms with Gasteiger partial charge in [0.15, 0.2) is 0 Å². The third-order valence-corrected chi connectivity index (χ3v) is 5.11. The first kappa shape index (κ1) is 18.4. The Kier molecular flexibility index (Phi) is 5.21. The molecule has 28 heavy (non-hydrogen) atoms. The van der Waals surface area contributed by atoms with Crippen LogP contribution in [0.1, 0.15) is 5.56 Å². The molecule has 2 aromatic heterocycles. The lowest BCUT2D eigenvalue weighted by molar-refractivity contribution is -0.130. The minimum absolute atomic E-state index is 0.0379. The summed E-state index contributed by atoms with van der Waals surface area (Å²) in [5.74, 6) is 0.944. The number of amides is 1. The maximum Gasteiger partial charge on any atom is 0.227 e. The van der Waals surface area contributed by atoms with Gasteiger partial charge in [0, 0.05) is 55.2 Å². The van der Waals surface area contributed by atoms with Crippen LogP contribution in [0.25, 0.3) is 5.82 Å². The number of benzene rings is 1. The van der Waals surface area contributed by atoms with E-state index in [4.69, 9.17) is 11.6 Å². The molecule has 0 atom stereocenters. The summed E-state index contributed by atoms with van der Waals surface area (Å²) >= 11 is 6.03. The van der Waals surface area contributed by atoms with Crippen LogP contribution in [0.2, 0.25) is 5.02 Å². The van der Waals surface area contributed by atoms with E-state index in [1.165, 1.54) is 18.5 Å². The molecule has 0 bridgehead atoms. The number of hydrogen-bond acceptors (Lipinski definition) is 5. The van der Waals surface area contributed by atoms with Crippen LogP contribution in [0.3, 0.4) is 0 Å². The summed E-state index contributed by atoms with van der Waals surface area (Å²) in [5.41, 5.74) is 0.248. The Morgan fingerprint density at radius 1 is 1.14 bits per heavy atom. The molecule has 3 aromatic rings. The summed E-state index contributed by atoms with van der Waals surface area (Å²) in [5, 5.41) is 0.278. The fourth-order valence-electron chi connectivity index (χ4n) is 3.20. The maximum atomic E-state index is 13.9. The average Bonchev–Trinajstić information content (AvgIpc) is 3.26. The van der Waals surface area contributed by atoms with Gasteiger partial charge in [-0.15, -0.1) is 0 Å². The van der Waals surface area contributed by atoms with Crippen molar-refractivity contribution in [1.82, 2.24) is 24.4 Å². The summed E-state index contributed by atoms with van der Waals surface area (Å²) in [4.78, 5) is 29.0. The van der Waals surface area contributed by atoms with Gasteiger partial charge in [-0.3, -0.25) is 9.36 Å². The SMILES string of the molecule is O=C(Cc1c(F)cccc1Cl)N1CCN(c2cc(-n3ccnc3)ncn2)CC1. The molecule has 1 aliphatic heterocycles. The lowest BCUT2D eigenvalue weighted by Gasteiger charge is -2.35. The number of halogens is 2. The number of carbonyl (C=O) groups is 1. The van der Waals surface area contributed by atoms with Crippen molar-refractivity contribution in [2.24, 2.45) is 0 Å². The summed E-state index contributed by atoms with van der Waals surface area (Å²) < 4.78 is 15.7. The summed E-state index contributed by atoms with van der Waals surface area (Å²) in [6, 6.07) is 6.33. The van der Waals surface area contributed by atoms with Crippen molar-refractivity contribution in [2.75, 3.05) is 31.1 Å². The monoisotopic (exact) mass is 400 g/mol. The molecule has 0 spiro atoms. The molecule has 1 aromatic carbocycles. The highest BCUT2D eigenvalue weighted by atomic mass is 35.5. The number of carbonyl (C=O) groups excluding carboxylic acids is 1. The van der Waals surface area contributed by atoms with Crippen molar-refractivity contribution in [3.8, 4) is 5.82 Å². The molecule has 1 aliphatic rings. The molecule has 1 amide bonds. The molecule has 144 valence electrons. The van der Waals surface area contributed by atoms with E-state index in [0.29, 0.717) is 26.2 Å². The second-order valence-corrected chi connectivity index (χ2v) is 6.86. The number of piperazine rings is 1. The lowest BCUT2D eigenvalue weighted by Crippen LogP contribution is -2.49. The highest BCUT2D eigenvalue weighted by Crippen LogP contribution is 2.21. The molecular formula is C19H18ClFN6O. The average molecular weight is 401 g/mol. The van der Waals surface area contributed by atoms with E-state index in [2.05, 4.69) is 19.9 Å². The number of imidazole rings is 1. The highest BCUT2D eigenvalue weighted by molar-refractivity contribution is 6.31. The number of anilines is 1. The number of rotatable bonds is 4. The minimum atomic E-state index is -0.451. The number of nitrogens with zero attached hydrogens (tertiary/aromatic N) is 6. The van der Waals surface area contributed by atoms with E-state index in [-0.39, 0.29) is 22.9 Å². The molecule has 4 rings (SSSR count). The van der Waals surface area contributed by atoms with Gasteiger partial charge >= 0.3 is 0 Å². The van der Waals surface area contributed by atoms with Crippen LogP contribution in [-0.2, 0) is 11.2 Å². The van der Waals surface area contributed by atoms with E-state index in [9.17, 15) is 9.18 Å². The molecule has 1 saturated heterocycles. The molecular weight excluding hydrogens is 383 g/mol. The van der Waals surface area contributed by atoms with E-state index in [1.807, 2.05) is 16.8 Å². The van der Waals surface area contributed by atoms with E-state index < -0.39 is 5.82 Å². The molecule has 0 unspecified atom stereocenters. The standard InChI is InChI=1S/C19H18ClFN6O/c20-15-2-1-3-16(21)14(15)10-19(28)26-8-6-25(7-9-26)17-11-18(24-12-23-17)27-5-4-22-13-27/h1-5,11-13H,6-10H2. The van der Waals surface area contributed by atoms with Gasteiger partial charge in [0.2, 0.25) is 5.91 Å². The van der Waals surface area contributed by atoms with Gasteiger partial charge in [-0.25, -0.2) is 19.3 Å². The van der Waals surface area contributed by atoms with E-state index in [0.717, 1.165) is 11.6 Å². The van der Waals surface area contributed by atoms with Gasteiger partial charge in [0.1, 0.15) is 30.1 Å². The van der Waals surface area contributed by atoms with Crippen LogP contribution in [0, 0.1) is 5.82 Å². The van der Waals surface area contributed by atoms with Gasteiger partial charge < -0.3 is 9.80 Å². The first-order chi connectivity index (χ1) is 13.6. The predicted octanol–water partition coefficient (Wildman–Crippen LogP) is 2.35. The van der Waals surface area contributed by atoms with Crippen LogP contribution < -0.4 is 4.90 Å². The Labute approximate surface area is 166 Å². The van der Waals surface area contributed by atoms with E-state index >= 15 is 0 Å². The fourth-order valence-corrected chi connectivity index (χ4v) is 3.42. The van der Waals surface area contributed by atoms with E-state index in [1.54, 1.807) is 23.5 Å². The largest absolute Gasteiger partial charge is 0.353 e. The summed E-state index contributed by atoms with van der Waals surface area (Å²) in [6.45, 7) is 2.35. The molecule has 9 heteroatoms. The molecule has 1 fully saturated rings. The van der Waals surface area contributed by atoms with Crippen LogP contribution in [0.15, 0.2) is 49.3 Å². The van der Waals surface area contributed by atoms with Crippen molar-refractivity contribution < 1.29 is 9.18 Å².